The smallest absolute Gasteiger partial charge is 0.191 e. The zero-order valence-electron chi connectivity index (χ0n) is 17.0. The highest BCUT2D eigenvalue weighted by molar-refractivity contribution is 5.79. The first-order chi connectivity index (χ1) is 13.3. The molecule has 1 aliphatic rings. The number of rotatable bonds is 11. The summed E-state index contributed by atoms with van der Waals surface area (Å²) in [6.45, 7) is 10.2. The first-order valence-corrected chi connectivity index (χ1v) is 10.2. The van der Waals surface area contributed by atoms with Gasteiger partial charge in [-0.15, -0.1) is 0 Å². The van der Waals surface area contributed by atoms with Crippen molar-refractivity contribution >= 4 is 5.96 Å². The highest BCUT2D eigenvalue weighted by atomic mass is 16.5. The summed E-state index contributed by atoms with van der Waals surface area (Å²) < 4.78 is 11.0. The third-order valence-corrected chi connectivity index (χ3v) is 4.62. The lowest BCUT2D eigenvalue weighted by molar-refractivity contribution is 0.0342. The minimum Gasteiger partial charge on any atom is -0.381 e. The average Bonchev–Trinajstić information content (AvgIpc) is 2.71. The van der Waals surface area contributed by atoms with Gasteiger partial charge in [-0.3, -0.25) is 9.89 Å². The number of hydrogen-bond donors (Lipinski definition) is 2. The molecule has 0 aliphatic carbocycles. The van der Waals surface area contributed by atoms with E-state index in [-0.39, 0.29) is 0 Å². The maximum atomic E-state index is 5.57. The summed E-state index contributed by atoms with van der Waals surface area (Å²) in [6, 6.07) is 8.82. The first kappa shape index (κ1) is 21.7. The Balaban J connectivity index is 1.62. The first-order valence-electron chi connectivity index (χ1n) is 10.2. The molecule has 0 aromatic heterocycles. The maximum absolute atomic E-state index is 5.57. The topological polar surface area (TPSA) is 58.1 Å². The van der Waals surface area contributed by atoms with Crippen LogP contribution in [0.2, 0.25) is 0 Å². The summed E-state index contributed by atoms with van der Waals surface area (Å²) in [7, 11) is 1.80. The van der Waals surface area contributed by atoms with E-state index < -0.39 is 0 Å². The lowest BCUT2D eigenvalue weighted by Gasteiger charge is -2.26. The van der Waals surface area contributed by atoms with E-state index in [9.17, 15) is 0 Å². The van der Waals surface area contributed by atoms with Gasteiger partial charge in [0, 0.05) is 53.0 Å². The fraction of sp³-hybridized carbons (Fsp3) is 0.667. The number of hydrogen-bond acceptors (Lipinski definition) is 4. The summed E-state index contributed by atoms with van der Waals surface area (Å²) in [6.07, 6.45) is 3.31. The second-order valence-electron chi connectivity index (χ2n) is 6.88. The van der Waals surface area contributed by atoms with Crippen molar-refractivity contribution in [2.45, 2.75) is 39.3 Å². The van der Waals surface area contributed by atoms with Crippen LogP contribution in [-0.4, -0.2) is 64.0 Å². The van der Waals surface area contributed by atoms with E-state index >= 15 is 0 Å². The molecule has 6 heteroatoms. The summed E-state index contributed by atoms with van der Waals surface area (Å²) in [4.78, 5) is 6.72. The van der Waals surface area contributed by atoms with Gasteiger partial charge in [-0.1, -0.05) is 37.6 Å². The van der Waals surface area contributed by atoms with Gasteiger partial charge in [0.25, 0.3) is 0 Å². The molecule has 0 amide bonds. The fourth-order valence-electron chi connectivity index (χ4n) is 2.92. The van der Waals surface area contributed by atoms with Crippen molar-refractivity contribution in [2.24, 2.45) is 4.99 Å². The van der Waals surface area contributed by atoms with Crippen LogP contribution in [0.15, 0.2) is 29.3 Å². The van der Waals surface area contributed by atoms with Gasteiger partial charge in [0.2, 0.25) is 0 Å². The number of guanidine groups is 1. The molecule has 1 saturated heterocycles. The van der Waals surface area contributed by atoms with Crippen LogP contribution >= 0.6 is 0 Å². The number of morpholine rings is 1. The van der Waals surface area contributed by atoms with Crippen molar-refractivity contribution in [1.82, 2.24) is 15.5 Å². The number of nitrogens with zero attached hydrogens (tertiary/aromatic N) is 2. The van der Waals surface area contributed by atoms with Crippen molar-refractivity contribution in [2.75, 3.05) is 53.1 Å². The number of benzene rings is 1. The Bertz CT molecular complexity index is 527. The Morgan fingerprint density at radius 3 is 2.48 bits per heavy atom. The van der Waals surface area contributed by atoms with Crippen molar-refractivity contribution < 1.29 is 9.47 Å². The third-order valence-electron chi connectivity index (χ3n) is 4.62. The molecular weight excluding hydrogens is 340 g/mol. The van der Waals surface area contributed by atoms with E-state index in [0.717, 1.165) is 78.0 Å². The molecule has 0 radical (unpaired) electrons. The molecule has 6 nitrogen and oxygen atoms in total. The van der Waals surface area contributed by atoms with Crippen molar-refractivity contribution in [1.29, 1.82) is 0 Å². The number of nitrogens with one attached hydrogen (secondary N) is 2. The van der Waals surface area contributed by atoms with Gasteiger partial charge >= 0.3 is 0 Å². The molecule has 0 spiro atoms. The quantitative estimate of drug-likeness (QED) is 0.353. The molecular formula is C21H36N4O2. The molecule has 0 atom stereocenters. The Morgan fingerprint density at radius 1 is 1.07 bits per heavy atom. The largest absolute Gasteiger partial charge is 0.381 e. The van der Waals surface area contributed by atoms with Crippen molar-refractivity contribution in [3.63, 3.8) is 0 Å². The van der Waals surface area contributed by atoms with E-state index in [4.69, 9.17) is 9.47 Å². The lowest BCUT2D eigenvalue weighted by atomic mass is 10.1. The molecule has 1 heterocycles. The highest BCUT2D eigenvalue weighted by Gasteiger charge is 2.10. The number of ether oxygens (including phenoxy) is 2. The minimum atomic E-state index is 0.768. The number of unbranched alkanes of at least 4 members (excludes halogenated alkanes) is 1. The normalized spacial score (nSPS) is 15.7. The molecule has 1 aromatic carbocycles. The van der Waals surface area contributed by atoms with Crippen LogP contribution in [-0.2, 0) is 22.6 Å². The molecule has 1 aliphatic heterocycles. The van der Waals surface area contributed by atoms with Gasteiger partial charge in [-0.2, -0.15) is 0 Å². The molecule has 0 unspecified atom stereocenters. The molecule has 152 valence electrons. The molecule has 0 bridgehead atoms. The summed E-state index contributed by atoms with van der Waals surface area (Å²) in [5, 5.41) is 6.71. The van der Waals surface area contributed by atoms with Gasteiger partial charge in [0.05, 0.1) is 13.2 Å². The van der Waals surface area contributed by atoms with Crippen molar-refractivity contribution in [3.05, 3.63) is 35.4 Å². The van der Waals surface area contributed by atoms with Crippen LogP contribution < -0.4 is 10.6 Å². The SMILES string of the molecule is CCCCOCCCNC(=NC)NCc1ccc(CN2CCOCC2)cc1. The molecule has 27 heavy (non-hydrogen) atoms. The van der Waals surface area contributed by atoms with E-state index in [1.165, 1.54) is 17.5 Å². The molecule has 1 aromatic rings. The zero-order valence-corrected chi connectivity index (χ0v) is 17.0. The van der Waals surface area contributed by atoms with Gasteiger partial charge < -0.3 is 20.1 Å². The fourth-order valence-corrected chi connectivity index (χ4v) is 2.92. The van der Waals surface area contributed by atoms with Gasteiger partial charge in [-0.05, 0) is 24.0 Å². The Kier molecular flexibility index (Phi) is 10.9. The van der Waals surface area contributed by atoms with E-state index in [1.54, 1.807) is 7.05 Å². The van der Waals surface area contributed by atoms with Crippen molar-refractivity contribution in [3.8, 4) is 0 Å². The molecule has 1 fully saturated rings. The Hall–Kier alpha value is -1.63. The van der Waals surface area contributed by atoms with Crippen LogP contribution in [0.1, 0.15) is 37.3 Å². The van der Waals surface area contributed by atoms with E-state index in [1.807, 2.05) is 0 Å². The average molecular weight is 377 g/mol. The summed E-state index contributed by atoms with van der Waals surface area (Å²) >= 11 is 0. The van der Waals surface area contributed by atoms with Crippen LogP contribution in [0.5, 0.6) is 0 Å². The van der Waals surface area contributed by atoms with Crippen LogP contribution in [0.4, 0.5) is 0 Å². The summed E-state index contributed by atoms with van der Waals surface area (Å²) in [5.41, 5.74) is 2.61. The predicted molar refractivity (Wildman–Crippen MR) is 111 cm³/mol. The number of aliphatic imine (C=N–C) groups is 1. The second kappa shape index (κ2) is 13.5. The lowest BCUT2D eigenvalue weighted by Crippen LogP contribution is -2.37. The molecule has 2 N–H and O–H groups in total. The standard InChI is InChI=1S/C21H36N4O2/c1-3-4-13-26-14-5-10-23-21(22-2)24-17-19-6-8-20(9-7-19)18-25-11-15-27-16-12-25/h6-9H,3-5,10-18H2,1-2H3,(H2,22,23,24). The monoisotopic (exact) mass is 376 g/mol. The van der Waals surface area contributed by atoms with Gasteiger partial charge in [0.15, 0.2) is 5.96 Å². The summed E-state index contributed by atoms with van der Waals surface area (Å²) in [5.74, 6) is 0.834. The second-order valence-corrected chi connectivity index (χ2v) is 6.88. The highest BCUT2D eigenvalue weighted by Crippen LogP contribution is 2.09. The zero-order chi connectivity index (χ0) is 19.2. The molecule has 2 rings (SSSR count). The Morgan fingerprint density at radius 2 is 1.78 bits per heavy atom. The van der Waals surface area contributed by atoms with E-state index in [2.05, 4.69) is 51.7 Å². The van der Waals surface area contributed by atoms with E-state index in [0.29, 0.717) is 0 Å². The molecule has 0 saturated carbocycles. The minimum absolute atomic E-state index is 0.768. The van der Waals surface area contributed by atoms with Crippen LogP contribution in [0.3, 0.4) is 0 Å². The van der Waals surface area contributed by atoms with Crippen LogP contribution in [0.25, 0.3) is 0 Å². The third kappa shape index (κ3) is 9.22. The van der Waals surface area contributed by atoms with Gasteiger partial charge in [-0.25, -0.2) is 0 Å². The van der Waals surface area contributed by atoms with Gasteiger partial charge in [0.1, 0.15) is 0 Å². The predicted octanol–water partition coefficient (Wildman–Crippen LogP) is 2.39. The Labute approximate surface area is 164 Å². The maximum Gasteiger partial charge on any atom is 0.191 e. The van der Waals surface area contributed by atoms with Crippen LogP contribution in [0, 0.1) is 0 Å².